The van der Waals surface area contributed by atoms with Crippen molar-refractivity contribution in [3.63, 3.8) is 0 Å². The summed E-state index contributed by atoms with van der Waals surface area (Å²) >= 11 is 0. The third kappa shape index (κ3) is 2.18. The maximum atomic E-state index is 11.7. The zero-order valence-electron chi connectivity index (χ0n) is 11.7. The minimum absolute atomic E-state index is 0.215. The lowest BCUT2D eigenvalue weighted by Crippen LogP contribution is -2.27. The molecule has 0 bridgehead atoms. The minimum atomic E-state index is -0.446. The molecule has 20 heavy (non-hydrogen) atoms. The molecule has 0 amide bonds. The van der Waals surface area contributed by atoms with E-state index < -0.39 is 5.97 Å². The van der Waals surface area contributed by atoms with E-state index in [0.717, 1.165) is 16.7 Å². The number of benzene rings is 1. The molecule has 4 nitrogen and oxygen atoms in total. The lowest BCUT2D eigenvalue weighted by Gasteiger charge is -2.27. The summed E-state index contributed by atoms with van der Waals surface area (Å²) in [4.78, 5) is 11.7. The largest absolute Gasteiger partial charge is 0.483 e. The van der Waals surface area contributed by atoms with Gasteiger partial charge in [0.25, 0.3) is 0 Å². The van der Waals surface area contributed by atoms with Gasteiger partial charge in [0, 0.05) is 17.0 Å². The summed E-state index contributed by atoms with van der Waals surface area (Å²) in [6, 6.07) is 5.46. The topological polar surface area (TPSA) is 48.7 Å². The first-order chi connectivity index (χ1) is 9.48. The summed E-state index contributed by atoms with van der Waals surface area (Å²) < 4.78 is 16.4. The molecule has 0 N–H and O–H groups in total. The van der Waals surface area contributed by atoms with Gasteiger partial charge < -0.3 is 13.9 Å². The van der Waals surface area contributed by atoms with Crippen LogP contribution in [0.4, 0.5) is 0 Å². The first kappa shape index (κ1) is 12.8. The van der Waals surface area contributed by atoms with Gasteiger partial charge in [0.1, 0.15) is 16.9 Å². The fraction of sp³-hybridized carbons (Fsp3) is 0.312. The molecule has 0 fully saturated rings. The number of hydrogen-bond donors (Lipinski definition) is 0. The molecular weight excluding hydrogens is 256 g/mol. The third-order valence-electron chi connectivity index (χ3n) is 3.16. The van der Waals surface area contributed by atoms with Gasteiger partial charge in [-0.2, -0.15) is 0 Å². The number of furan rings is 1. The van der Waals surface area contributed by atoms with Gasteiger partial charge in [-0.3, -0.25) is 0 Å². The van der Waals surface area contributed by atoms with Gasteiger partial charge in [-0.05, 0) is 39.0 Å². The number of fused-ring (bicyclic) bond motifs is 2. The normalized spacial score (nSPS) is 15.8. The Labute approximate surface area is 117 Å². The molecule has 0 radical (unpaired) electrons. The van der Waals surface area contributed by atoms with Crippen molar-refractivity contribution in [2.45, 2.75) is 26.4 Å². The zero-order valence-corrected chi connectivity index (χ0v) is 11.7. The molecule has 1 aromatic heterocycles. The van der Waals surface area contributed by atoms with Crippen LogP contribution in [0.3, 0.4) is 0 Å². The molecule has 0 unspecified atom stereocenters. The fourth-order valence-corrected chi connectivity index (χ4v) is 2.22. The Morgan fingerprint density at radius 2 is 2.10 bits per heavy atom. The van der Waals surface area contributed by atoms with Crippen LogP contribution in [-0.4, -0.2) is 18.2 Å². The molecule has 0 saturated heterocycles. The molecule has 2 aromatic rings. The Morgan fingerprint density at radius 3 is 2.85 bits per heavy atom. The monoisotopic (exact) mass is 272 g/mol. The van der Waals surface area contributed by atoms with E-state index >= 15 is 0 Å². The standard InChI is InChI=1S/C16H16O4/c1-4-18-15(17)14-8-11-7-10-5-6-16(2,3)20-13(10)9-12(11)19-14/h5-9H,4H2,1-3H3. The number of carbonyl (C=O) groups excluding carboxylic acids is 1. The van der Waals surface area contributed by atoms with Crippen molar-refractivity contribution in [3.05, 3.63) is 35.6 Å². The Morgan fingerprint density at radius 1 is 1.30 bits per heavy atom. The average Bonchev–Trinajstić information content (AvgIpc) is 2.78. The number of ether oxygens (including phenoxy) is 2. The van der Waals surface area contributed by atoms with Crippen LogP contribution in [0.1, 0.15) is 36.9 Å². The van der Waals surface area contributed by atoms with E-state index in [0.29, 0.717) is 12.2 Å². The van der Waals surface area contributed by atoms with Gasteiger partial charge >= 0.3 is 5.97 Å². The van der Waals surface area contributed by atoms with Crippen LogP contribution in [0, 0.1) is 0 Å². The molecule has 0 saturated carbocycles. The highest BCUT2D eigenvalue weighted by Gasteiger charge is 2.23. The van der Waals surface area contributed by atoms with Gasteiger partial charge in [0.15, 0.2) is 0 Å². The SMILES string of the molecule is CCOC(=O)c1cc2cc3c(cc2o1)OC(C)(C)C=C3. The number of hydrogen-bond acceptors (Lipinski definition) is 4. The molecule has 3 rings (SSSR count). The van der Waals surface area contributed by atoms with Crippen LogP contribution < -0.4 is 4.74 Å². The second-order valence-corrected chi connectivity index (χ2v) is 5.30. The summed E-state index contributed by atoms with van der Waals surface area (Å²) in [6.45, 7) is 6.07. The van der Waals surface area contributed by atoms with Crippen LogP contribution in [0.15, 0.2) is 28.7 Å². The smallest absolute Gasteiger partial charge is 0.374 e. The lowest BCUT2D eigenvalue weighted by molar-refractivity contribution is 0.0492. The number of esters is 1. The van der Waals surface area contributed by atoms with E-state index in [2.05, 4.69) is 0 Å². The third-order valence-corrected chi connectivity index (χ3v) is 3.16. The minimum Gasteiger partial charge on any atom is -0.483 e. The van der Waals surface area contributed by atoms with Crippen molar-refractivity contribution in [2.75, 3.05) is 6.61 Å². The predicted octanol–water partition coefficient (Wildman–Crippen LogP) is 3.79. The number of rotatable bonds is 2. The van der Waals surface area contributed by atoms with Gasteiger partial charge in [-0.1, -0.05) is 6.08 Å². The highest BCUT2D eigenvalue weighted by atomic mass is 16.5. The zero-order chi connectivity index (χ0) is 14.3. The van der Waals surface area contributed by atoms with Crippen LogP contribution in [0.5, 0.6) is 5.75 Å². The number of carbonyl (C=O) groups is 1. The molecule has 1 aliphatic heterocycles. The van der Waals surface area contributed by atoms with E-state index in [9.17, 15) is 4.79 Å². The fourth-order valence-electron chi connectivity index (χ4n) is 2.22. The Balaban J connectivity index is 2.05. The lowest BCUT2D eigenvalue weighted by atomic mass is 10.0. The first-order valence-electron chi connectivity index (χ1n) is 6.61. The molecule has 1 aromatic carbocycles. The van der Waals surface area contributed by atoms with E-state index in [-0.39, 0.29) is 11.4 Å². The van der Waals surface area contributed by atoms with Crippen LogP contribution in [0.2, 0.25) is 0 Å². The molecule has 0 spiro atoms. The van der Waals surface area contributed by atoms with Crippen molar-refractivity contribution in [2.24, 2.45) is 0 Å². The van der Waals surface area contributed by atoms with E-state index in [1.807, 2.05) is 38.1 Å². The van der Waals surface area contributed by atoms with Crippen molar-refractivity contribution in [1.82, 2.24) is 0 Å². The van der Waals surface area contributed by atoms with Crippen LogP contribution in [0.25, 0.3) is 17.0 Å². The Kier molecular flexibility index (Phi) is 2.82. The second-order valence-electron chi connectivity index (χ2n) is 5.30. The average molecular weight is 272 g/mol. The predicted molar refractivity (Wildman–Crippen MR) is 75.9 cm³/mol. The highest BCUT2D eigenvalue weighted by molar-refractivity contribution is 5.94. The molecule has 4 heteroatoms. The molecule has 0 aliphatic carbocycles. The van der Waals surface area contributed by atoms with Crippen molar-refractivity contribution in [3.8, 4) is 5.75 Å². The maximum absolute atomic E-state index is 11.7. The summed E-state index contributed by atoms with van der Waals surface area (Å²) in [6.07, 6.45) is 4.03. The molecule has 0 atom stereocenters. The van der Waals surface area contributed by atoms with Crippen LogP contribution in [-0.2, 0) is 4.74 Å². The summed E-state index contributed by atoms with van der Waals surface area (Å²) in [7, 11) is 0. The van der Waals surface area contributed by atoms with Crippen molar-refractivity contribution in [1.29, 1.82) is 0 Å². The molecule has 104 valence electrons. The summed E-state index contributed by atoms with van der Waals surface area (Å²) in [5.74, 6) is 0.528. The Bertz CT molecular complexity index is 707. The second kappa shape index (κ2) is 4.40. The van der Waals surface area contributed by atoms with Crippen molar-refractivity contribution < 1.29 is 18.7 Å². The van der Waals surface area contributed by atoms with Gasteiger partial charge in [-0.25, -0.2) is 4.79 Å². The highest BCUT2D eigenvalue weighted by Crippen LogP contribution is 2.35. The quantitative estimate of drug-likeness (QED) is 0.780. The molecule has 2 heterocycles. The summed E-state index contributed by atoms with van der Waals surface area (Å²) in [5, 5.41) is 0.861. The van der Waals surface area contributed by atoms with Crippen LogP contribution >= 0.6 is 0 Å². The molecular formula is C16H16O4. The van der Waals surface area contributed by atoms with Gasteiger partial charge in [0.2, 0.25) is 5.76 Å². The van der Waals surface area contributed by atoms with Gasteiger partial charge in [-0.15, -0.1) is 0 Å². The first-order valence-corrected chi connectivity index (χ1v) is 6.61. The van der Waals surface area contributed by atoms with Gasteiger partial charge in [0.05, 0.1) is 6.61 Å². The van der Waals surface area contributed by atoms with E-state index in [1.165, 1.54) is 0 Å². The van der Waals surface area contributed by atoms with Crippen molar-refractivity contribution >= 4 is 23.0 Å². The van der Waals surface area contributed by atoms with E-state index in [4.69, 9.17) is 13.9 Å². The summed E-state index contributed by atoms with van der Waals surface area (Å²) in [5.41, 5.74) is 1.27. The molecule has 1 aliphatic rings. The maximum Gasteiger partial charge on any atom is 0.374 e. The Hall–Kier alpha value is -2.23. The van der Waals surface area contributed by atoms with E-state index in [1.54, 1.807) is 13.0 Å².